The molecule has 3 aromatic rings. The molecule has 0 radical (unpaired) electrons. The second-order valence-corrected chi connectivity index (χ2v) is 11.7. The van der Waals surface area contributed by atoms with E-state index in [9.17, 15) is 9.59 Å². The number of pyridine rings is 1. The van der Waals surface area contributed by atoms with Crippen LogP contribution in [0.15, 0.2) is 58.4 Å². The Hall–Kier alpha value is -2.97. The van der Waals surface area contributed by atoms with Crippen LogP contribution in [-0.4, -0.2) is 43.6 Å². The number of nitrogens with zero attached hydrogens (tertiary/aromatic N) is 4. The average molecular weight is 533 g/mol. The standard InChI is InChI=1S/C29H32N4O2S2/c1-4-20(3)33-28(35)24(37-29(33)36)17-23-26(30-25-11-10-19(2)18-32(25)27(23)34)31-14-12-22(13-15-31)16-21-8-6-5-7-9-21/h5-11,17-18,20,22H,4,12-16H2,1-3H3. The maximum Gasteiger partial charge on any atom is 0.267 e. The summed E-state index contributed by atoms with van der Waals surface area (Å²) in [6.45, 7) is 7.62. The van der Waals surface area contributed by atoms with E-state index >= 15 is 0 Å². The summed E-state index contributed by atoms with van der Waals surface area (Å²) in [5.41, 5.74) is 3.24. The van der Waals surface area contributed by atoms with Gasteiger partial charge in [-0.05, 0) is 68.7 Å². The van der Waals surface area contributed by atoms with Gasteiger partial charge in [-0.2, -0.15) is 0 Å². The van der Waals surface area contributed by atoms with Crippen LogP contribution in [0.4, 0.5) is 5.82 Å². The van der Waals surface area contributed by atoms with Crippen LogP contribution >= 0.6 is 24.0 Å². The van der Waals surface area contributed by atoms with E-state index in [4.69, 9.17) is 17.2 Å². The minimum Gasteiger partial charge on any atom is -0.356 e. The minimum absolute atomic E-state index is 0.0139. The Balaban J connectivity index is 1.50. The number of thiocarbonyl (C=S) groups is 1. The molecule has 0 bridgehead atoms. The molecular weight excluding hydrogens is 500 g/mol. The molecular formula is C29H32N4O2S2. The van der Waals surface area contributed by atoms with Crippen molar-refractivity contribution in [1.29, 1.82) is 0 Å². The van der Waals surface area contributed by atoms with Crippen molar-refractivity contribution in [3.8, 4) is 0 Å². The molecule has 2 aliphatic rings. The number of anilines is 1. The molecule has 2 aliphatic heterocycles. The highest BCUT2D eigenvalue weighted by Crippen LogP contribution is 2.36. The van der Waals surface area contributed by atoms with Crippen LogP contribution in [0, 0.1) is 12.8 Å². The highest BCUT2D eigenvalue weighted by molar-refractivity contribution is 8.26. The van der Waals surface area contributed by atoms with Gasteiger partial charge in [-0.1, -0.05) is 67.3 Å². The lowest BCUT2D eigenvalue weighted by molar-refractivity contribution is -0.123. The molecule has 37 heavy (non-hydrogen) atoms. The van der Waals surface area contributed by atoms with Crippen molar-refractivity contribution in [3.05, 3.63) is 80.6 Å². The first-order chi connectivity index (χ1) is 17.9. The molecule has 2 saturated heterocycles. The SMILES string of the molecule is CCC(C)N1C(=O)C(=Cc2c(N3CCC(Cc4ccccc4)CC3)nc3ccc(C)cn3c2=O)SC1=S. The number of aromatic nitrogens is 2. The van der Waals surface area contributed by atoms with Crippen LogP contribution in [-0.2, 0) is 11.2 Å². The Morgan fingerprint density at radius 2 is 1.86 bits per heavy atom. The second kappa shape index (κ2) is 10.8. The molecule has 6 nitrogen and oxygen atoms in total. The van der Waals surface area contributed by atoms with Gasteiger partial charge in [-0.15, -0.1) is 0 Å². The van der Waals surface area contributed by atoms with Crippen LogP contribution in [0.2, 0.25) is 0 Å². The molecule has 2 aromatic heterocycles. The molecule has 2 fully saturated rings. The number of benzene rings is 1. The zero-order valence-electron chi connectivity index (χ0n) is 21.5. The number of hydrogen-bond donors (Lipinski definition) is 0. The van der Waals surface area contributed by atoms with Crippen molar-refractivity contribution in [3.63, 3.8) is 0 Å². The molecule has 192 valence electrons. The van der Waals surface area contributed by atoms with Crippen LogP contribution < -0.4 is 10.5 Å². The Bertz CT molecular complexity index is 1430. The van der Waals surface area contributed by atoms with Gasteiger partial charge in [0.05, 0.1) is 10.5 Å². The fourth-order valence-corrected chi connectivity index (χ4v) is 6.53. The second-order valence-electron chi connectivity index (χ2n) is 10.0. The van der Waals surface area contributed by atoms with Gasteiger partial charge in [0.1, 0.15) is 15.8 Å². The highest BCUT2D eigenvalue weighted by atomic mass is 32.2. The number of thioether (sulfide) groups is 1. The predicted molar refractivity (Wildman–Crippen MR) is 156 cm³/mol. The molecule has 8 heteroatoms. The molecule has 1 unspecified atom stereocenters. The lowest BCUT2D eigenvalue weighted by Crippen LogP contribution is -2.37. The van der Waals surface area contributed by atoms with Crippen LogP contribution in [0.5, 0.6) is 0 Å². The van der Waals surface area contributed by atoms with Gasteiger partial charge in [-0.3, -0.25) is 18.9 Å². The third-order valence-electron chi connectivity index (χ3n) is 7.40. The van der Waals surface area contributed by atoms with Gasteiger partial charge in [0.15, 0.2) is 0 Å². The molecule has 0 N–H and O–H groups in total. The normalized spacial score (nSPS) is 18.8. The van der Waals surface area contributed by atoms with E-state index < -0.39 is 0 Å². The van der Waals surface area contributed by atoms with Crippen molar-refractivity contribution in [1.82, 2.24) is 14.3 Å². The van der Waals surface area contributed by atoms with Crippen molar-refractivity contribution in [2.24, 2.45) is 5.92 Å². The van der Waals surface area contributed by atoms with Crippen molar-refractivity contribution in [2.45, 2.75) is 52.5 Å². The van der Waals surface area contributed by atoms with Crippen LogP contribution in [0.3, 0.4) is 0 Å². The summed E-state index contributed by atoms with van der Waals surface area (Å²) < 4.78 is 2.13. The lowest BCUT2D eigenvalue weighted by Gasteiger charge is -2.33. The van der Waals surface area contributed by atoms with E-state index in [0.29, 0.717) is 32.2 Å². The number of hydrogen-bond acceptors (Lipinski definition) is 6. The molecule has 5 rings (SSSR count). The minimum atomic E-state index is -0.163. The Kier molecular flexibility index (Phi) is 7.49. The smallest absolute Gasteiger partial charge is 0.267 e. The molecule has 1 atom stereocenters. The molecule has 1 amide bonds. The van der Waals surface area contributed by atoms with Gasteiger partial charge in [0, 0.05) is 25.3 Å². The number of fused-ring (bicyclic) bond motifs is 1. The predicted octanol–water partition coefficient (Wildman–Crippen LogP) is 5.46. The number of carbonyl (C=O) groups is 1. The molecule has 4 heterocycles. The van der Waals surface area contributed by atoms with E-state index in [1.54, 1.807) is 15.4 Å². The summed E-state index contributed by atoms with van der Waals surface area (Å²) in [7, 11) is 0. The van der Waals surface area contributed by atoms with Crippen molar-refractivity contribution >= 4 is 51.7 Å². The number of rotatable bonds is 6. The third-order valence-corrected chi connectivity index (χ3v) is 8.73. The summed E-state index contributed by atoms with van der Waals surface area (Å²) in [4.78, 5) is 36.3. The van der Waals surface area contributed by atoms with E-state index in [1.165, 1.54) is 17.3 Å². The number of piperidine rings is 1. The quantitative estimate of drug-likeness (QED) is 0.310. The first-order valence-corrected chi connectivity index (χ1v) is 14.2. The summed E-state index contributed by atoms with van der Waals surface area (Å²) in [6, 6.07) is 14.5. The number of amides is 1. The molecule has 0 aliphatic carbocycles. The fraction of sp³-hybridized carbons (Fsp3) is 0.379. The maximum atomic E-state index is 13.8. The highest BCUT2D eigenvalue weighted by Gasteiger charge is 2.35. The van der Waals surface area contributed by atoms with Gasteiger partial charge < -0.3 is 4.90 Å². The summed E-state index contributed by atoms with van der Waals surface area (Å²) in [5, 5.41) is 0. The van der Waals surface area contributed by atoms with E-state index in [1.807, 2.05) is 39.1 Å². The average Bonchev–Trinajstić information content (AvgIpc) is 3.19. The summed E-state index contributed by atoms with van der Waals surface area (Å²) >= 11 is 6.79. The molecule has 0 saturated carbocycles. The lowest BCUT2D eigenvalue weighted by atomic mass is 9.90. The number of aryl methyl sites for hydroxylation is 1. The topological polar surface area (TPSA) is 57.9 Å². The molecule has 1 aromatic carbocycles. The van der Waals surface area contributed by atoms with Crippen LogP contribution in [0.1, 0.15) is 49.8 Å². The van der Waals surface area contributed by atoms with Gasteiger partial charge in [0.2, 0.25) is 0 Å². The van der Waals surface area contributed by atoms with E-state index in [-0.39, 0.29) is 17.5 Å². The van der Waals surface area contributed by atoms with Crippen molar-refractivity contribution < 1.29 is 4.79 Å². The number of carbonyl (C=O) groups excluding carboxylic acids is 1. The largest absolute Gasteiger partial charge is 0.356 e. The Morgan fingerprint density at radius 3 is 2.57 bits per heavy atom. The first kappa shape index (κ1) is 25.7. The van der Waals surface area contributed by atoms with Gasteiger partial charge in [-0.25, -0.2) is 4.98 Å². The van der Waals surface area contributed by atoms with Crippen molar-refractivity contribution in [2.75, 3.05) is 18.0 Å². The summed E-state index contributed by atoms with van der Waals surface area (Å²) in [6.07, 6.45) is 7.45. The third kappa shape index (κ3) is 5.22. The maximum absolute atomic E-state index is 13.8. The zero-order chi connectivity index (χ0) is 26.1. The van der Waals surface area contributed by atoms with Gasteiger partial charge in [0.25, 0.3) is 11.5 Å². The van der Waals surface area contributed by atoms with Gasteiger partial charge >= 0.3 is 0 Å². The van der Waals surface area contributed by atoms with E-state index in [2.05, 4.69) is 35.2 Å². The van der Waals surface area contributed by atoms with E-state index in [0.717, 1.165) is 44.3 Å². The Labute approximate surface area is 227 Å². The monoisotopic (exact) mass is 532 g/mol. The summed E-state index contributed by atoms with van der Waals surface area (Å²) in [5.74, 6) is 1.12. The first-order valence-electron chi connectivity index (χ1n) is 12.9. The molecule has 0 spiro atoms. The van der Waals surface area contributed by atoms with Crippen LogP contribution in [0.25, 0.3) is 11.7 Å². The fourth-order valence-electron chi connectivity index (χ4n) is 5.08. The Morgan fingerprint density at radius 1 is 1.14 bits per heavy atom. The zero-order valence-corrected chi connectivity index (χ0v) is 23.1.